The molecule has 1 aliphatic heterocycles. The predicted molar refractivity (Wildman–Crippen MR) is 76.2 cm³/mol. The molecule has 0 N–H and O–H groups in total. The van der Waals surface area contributed by atoms with E-state index >= 15 is 0 Å². The largest absolute Gasteiger partial charge is 0.606 e. The molecule has 0 aliphatic carbocycles. The van der Waals surface area contributed by atoms with Crippen LogP contribution in [0.1, 0.15) is 24.5 Å². The van der Waals surface area contributed by atoms with Crippen molar-refractivity contribution in [3.63, 3.8) is 0 Å². The first-order chi connectivity index (χ1) is 9.29. The SMILES string of the molecule is CCCOc1ccc2c(c1)Cc1ccccc1[S+]2[O-]. The Morgan fingerprint density at radius 2 is 1.89 bits per heavy atom. The van der Waals surface area contributed by atoms with Crippen molar-refractivity contribution in [2.24, 2.45) is 0 Å². The Kier molecular flexibility index (Phi) is 3.49. The molecular formula is C16H16O2S. The molecule has 1 aliphatic rings. The van der Waals surface area contributed by atoms with Crippen LogP contribution in [0.25, 0.3) is 0 Å². The van der Waals surface area contributed by atoms with Crippen LogP contribution < -0.4 is 4.74 Å². The van der Waals surface area contributed by atoms with Crippen molar-refractivity contribution in [1.82, 2.24) is 0 Å². The smallest absolute Gasteiger partial charge is 0.162 e. The van der Waals surface area contributed by atoms with Crippen molar-refractivity contribution < 1.29 is 9.29 Å². The average molecular weight is 272 g/mol. The molecule has 0 bridgehead atoms. The summed E-state index contributed by atoms with van der Waals surface area (Å²) in [5.41, 5.74) is 2.27. The molecule has 0 spiro atoms. The standard InChI is InChI=1S/C16H16O2S/c1-2-9-18-14-7-8-16-13(11-14)10-12-5-3-4-6-15(12)19(16)17/h3-8,11H,2,9-10H2,1H3. The van der Waals surface area contributed by atoms with Gasteiger partial charge in [-0.3, -0.25) is 0 Å². The molecule has 0 fully saturated rings. The van der Waals surface area contributed by atoms with Crippen molar-refractivity contribution in [2.45, 2.75) is 29.6 Å². The molecule has 1 unspecified atom stereocenters. The molecule has 0 aromatic heterocycles. The first-order valence-corrected chi connectivity index (χ1v) is 7.70. The van der Waals surface area contributed by atoms with Gasteiger partial charge in [0.1, 0.15) is 5.75 Å². The van der Waals surface area contributed by atoms with Crippen LogP contribution in [0, 0.1) is 0 Å². The quantitative estimate of drug-likeness (QED) is 0.800. The Morgan fingerprint density at radius 1 is 1.11 bits per heavy atom. The third-order valence-corrected chi connectivity index (χ3v) is 4.85. The van der Waals surface area contributed by atoms with Gasteiger partial charge in [0.25, 0.3) is 0 Å². The van der Waals surface area contributed by atoms with Gasteiger partial charge < -0.3 is 9.29 Å². The van der Waals surface area contributed by atoms with Crippen LogP contribution in [-0.2, 0) is 17.6 Å². The number of fused-ring (bicyclic) bond motifs is 2. The van der Waals surface area contributed by atoms with Gasteiger partial charge in [-0.15, -0.1) is 0 Å². The van der Waals surface area contributed by atoms with Crippen LogP contribution >= 0.6 is 0 Å². The van der Waals surface area contributed by atoms with Gasteiger partial charge in [0.2, 0.25) is 0 Å². The highest BCUT2D eigenvalue weighted by Crippen LogP contribution is 2.35. The molecule has 0 amide bonds. The Balaban J connectivity index is 1.96. The van der Waals surface area contributed by atoms with Crippen LogP contribution in [0.5, 0.6) is 5.75 Å². The third-order valence-electron chi connectivity index (χ3n) is 3.26. The van der Waals surface area contributed by atoms with Gasteiger partial charge in [-0.05, 0) is 30.7 Å². The molecule has 19 heavy (non-hydrogen) atoms. The number of hydrogen-bond donors (Lipinski definition) is 0. The molecule has 0 radical (unpaired) electrons. The first-order valence-electron chi connectivity index (χ1n) is 6.55. The lowest BCUT2D eigenvalue weighted by atomic mass is 10.0. The van der Waals surface area contributed by atoms with Crippen LogP contribution in [0.15, 0.2) is 52.3 Å². The van der Waals surface area contributed by atoms with E-state index in [1.807, 2.05) is 36.4 Å². The molecule has 0 saturated carbocycles. The molecule has 1 heterocycles. The molecule has 2 aromatic rings. The first kappa shape index (κ1) is 12.6. The van der Waals surface area contributed by atoms with E-state index in [1.165, 1.54) is 0 Å². The average Bonchev–Trinajstić information content (AvgIpc) is 2.45. The van der Waals surface area contributed by atoms with Gasteiger partial charge in [-0.1, -0.05) is 25.1 Å². The summed E-state index contributed by atoms with van der Waals surface area (Å²) in [6.07, 6.45) is 1.83. The summed E-state index contributed by atoms with van der Waals surface area (Å²) in [4.78, 5) is 1.86. The van der Waals surface area contributed by atoms with E-state index in [1.54, 1.807) is 0 Å². The number of rotatable bonds is 3. The van der Waals surface area contributed by atoms with Gasteiger partial charge in [-0.25, -0.2) is 0 Å². The zero-order valence-corrected chi connectivity index (χ0v) is 11.7. The Morgan fingerprint density at radius 3 is 2.74 bits per heavy atom. The second-order valence-electron chi connectivity index (χ2n) is 4.67. The Labute approximate surface area is 116 Å². The van der Waals surface area contributed by atoms with E-state index in [0.717, 1.165) is 46.1 Å². The van der Waals surface area contributed by atoms with E-state index in [4.69, 9.17) is 4.74 Å². The summed E-state index contributed by atoms with van der Waals surface area (Å²) in [6, 6.07) is 13.8. The molecule has 2 nitrogen and oxygen atoms in total. The van der Waals surface area contributed by atoms with E-state index in [9.17, 15) is 4.55 Å². The number of hydrogen-bond acceptors (Lipinski definition) is 2. The summed E-state index contributed by atoms with van der Waals surface area (Å²) in [5, 5.41) is 0. The fourth-order valence-corrected chi connectivity index (χ4v) is 3.72. The van der Waals surface area contributed by atoms with Crippen molar-refractivity contribution in [3.8, 4) is 5.75 Å². The number of benzene rings is 2. The highest BCUT2D eigenvalue weighted by Gasteiger charge is 2.28. The lowest BCUT2D eigenvalue weighted by molar-refractivity contribution is 0.317. The molecule has 98 valence electrons. The normalized spacial score (nSPS) is 16.6. The van der Waals surface area contributed by atoms with Crippen LogP contribution in [0.2, 0.25) is 0 Å². The maximum absolute atomic E-state index is 12.5. The minimum absolute atomic E-state index is 0.721. The minimum Gasteiger partial charge on any atom is -0.606 e. The van der Waals surface area contributed by atoms with Crippen LogP contribution in [0.4, 0.5) is 0 Å². The summed E-state index contributed by atoms with van der Waals surface area (Å²) in [7, 11) is 0. The summed E-state index contributed by atoms with van der Waals surface area (Å²) in [5.74, 6) is 0.872. The summed E-state index contributed by atoms with van der Waals surface area (Å²) < 4.78 is 18.1. The van der Waals surface area contributed by atoms with Crippen molar-refractivity contribution >= 4 is 11.2 Å². The third kappa shape index (κ3) is 2.36. The lowest BCUT2D eigenvalue weighted by Crippen LogP contribution is -2.14. The minimum atomic E-state index is -1.06. The van der Waals surface area contributed by atoms with E-state index in [2.05, 4.69) is 13.0 Å². The highest BCUT2D eigenvalue weighted by atomic mass is 32.2. The fraction of sp³-hybridized carbons (Fsp3) is 0.250. The van der Waals surface area contributed by atoms with Crippen molar-refractivity contribution in [1.29, 1.82) is 0 Å². The van der Waals surface area contributed by atoms with Crippen LogP contribution in [0.3, 0.4) is 0 Å². The fourth-order valence-electron chi connectivity index (χ4n) is 2.34. The van der Waals surface area contributed by atoms with Crippen LogP contribution in [-0.4, -0.2) is 11.2 Å². The molecule has 1 atom stereocenters. The van der Waals surface area contributed by atoms with E-state index < -0.39 is 11.2 Å². The van der Waals surface area contributed by atoms with Crippen molar-refractivity contribution in [2.75, 3.05) is 6.61 Å². The van der Waals surface area contributed by atoms with Gasteiger partial charge >= 0.3 is 0 Å². The Hall–Kier alpha value is -1.45. The van der Waals surface area contributed by atoms with E-state index in [-0.39, 0.29) is 0 Å². The van der Waals surface area contributed by atoms with Gasteiger partial charge in [0.15, 0.2) is 9.79 Å². The van der Waals surface area contributed by atoms with E-state index in [0.29, 0.717) is 0 Å². The second kappa shape index (κ2) is 5.27. The molecule has 3 rings (SSSR count). The Bertz CT molecular complexity index is 595. The molecule has 2 aromatic carbocycles. The molecule has 0 saturated heterocycles. The lowest BCUT2D eigenvalue weighted by Gasteiger charge is -2.22. The predicted octanol–water partition coefficient (Wildman–Crippen LogP) is 3.55. The molecular weight excluding hydrogens is 256 g/mol. The van der Waals surface area contributed by atoms with Gasteiger partial charge in [-0.2, -0.15) is 0 Å². The summed E-state index contributed by atoms with van der Waals surface area (Å²) >= 11 is -1.06. The maximum Gasteiger partial charge on any atom is 0.162 e. The summed E-state index contributed by atoms with van der Waals surface area (Å²) in [6.45, 7) is 2.81. The zero-order chi connectivity index (χ0) is 13.2. The molecule has 3 heteroatoms. The second-order valence-corrected chi connectivity index (χ2v) is 6.09. The number of ether oxygens (including phenoxy) is 1. The maximum atomic E-state index is 12.5. The zero-order valence-electron chi connectivity index (χ0n) is 10.9. The van der Waals surface area contributed by atoms with Gasteiger partial charge in [0, 0.05) is 28.7 Å². The highest BCUT2D eigenvalue weighted by molar-refractivity contribution is 7.91. The van der Waals surface area contributed by atoms with Gasteiger partial charge in [0.05, 0.1) is 6.61 Å². The monoisotopic (exact) mass is 272 g/mol. The van der Waals surface area contributed by atoms with Crippen molar-refractivity contribution in [3.05, 3.63) is 53.6 Å². The topological polar surface area (TPSA) is 32.3 Å².